The van der Waals surface area contributed by atoms with Crippen LogP contribution >= 0.6 is 11.3 Å². The van der Waals surface area contributed by atoms with Gasteiger partial charge in [-0.1, -0.05) is 24.3 Å². The van der Waals surface area contributed by atoms with Crippen molar-refractivity contribution in [2.75, 3.05) is 7.11 Å². The maximum Gasteiger partial charge on any atom is 0.324 e. The summed E-state index contributed by atoms with van der Waals surface area (Å²) in [5.41, 5.74) is 0. The van der Waals surface area contributed by atoms with Crippen LogP contribution in [0.15, 0.2) is 52.7 Å². The van der Waals surface area contributed by atoms with Crippen molar-refractivity contribution in [1.82, 2.24) is 5.32 Å². The number of nitrogens with one attached hydrogen (secondary N) is 1. The minimum Gasteiger partial charge on any atom is -0.468 e. The minimum atomic E-state index is -3.94. The van der Waals surface area contributed by atoms with Crippen LogP contribution in [0.25, 0.3) is 0 Å². The van der Waals surface area contributed by atoms with E-state index in [2.05, 4.69) is 5.32 Å². The van der Waals surface area contributed by atoms with Crippen LogP contribution < -0.4 is 5.32 Å². The Balaban J connectivity index is 2.14. The molecule has 26 heavy (non-hydrogen) atoms. The average Bonchev–Trinajstić information content (AvgIpc) is 3.29. The highest BCUT2D eigenvalue weighted by Crippen LogP contribution is 2.41. The van der Waals surface area contributed by atoms with Gasteiger partial charge in [-0.15, -0.1) is 11.3 Å². The van der Waals surface area contributed by atoms with Crippen LogP contribution in [0.3, 0.4) is 0 Å². The summed E-state index contributed by atoms with van der Waals surface area (Å²) in [7, 11) is -2.73. The molecule has 0 saturated carbocycles. The zero-order chi connectivity index (χ0) is 18.9. The molecule has 1 saturated heterocycles. The third-order valence-electron chi connectivity index (χ3n) is 4.60. The number of thiophene rings is 1. The molecular weight excluding hydrogens is 374 g/mol. The first-order chi connectivity index (χ1) is 12.4. The molecule has 1 aliphatic heterocycles. The molecule has 1 aliphatic rings. The first kappa shape index (κ1) is 18.8. The van der Waals surface area contributed by atoms with E-state index in [4.69, 9.17) is 4.74 Å². The molecule has 0 radical (unpaired) electrons. The Hall–Kier alpha value is -2.03. The number of ether oxygens (including phenoxy) is 1. The number of ketones is 1. The Labute approximate surface area is 156 Å². The third kappa shape index (κ3) is 3.20. The van der Waals surface area contributed by atoms with Gasteiger partial charge in [0, 0.05) is 4.88 Å². The van der Waals surface area contributed by atoms with E-state index in [1.54, 1.807) is 18.2 Å². The molecule has 1 fully saturated rings. The molecule has 2 aromatic rings. The largest absolute Gasteiger partial charge is 0.468 e. The van der Waals surface area contributed by atoms with Gasteiger partial charge < -0.3 is 4.74 Å². The van der Waals surface area contributed by atoms with Crippen molar-refractivity contribution in [2.45, 2.75) is 29.2 Å². The minimum absolute atomic E-state index is 0.0822. The van der Waals surface area contributed by atoms with Gasteiger partial charge in [-0.25, -0.2) is 8.42 Å². The summed E-state index contributed by atoms with van der Waals surface area (Å²) in [5.74, 6) is -1.87. The lowest BCUT2D eigenvalue weighted by Gasteiger charge is -2.22. The van der Waals surface area contributed by atoms with E-state index in [9.17, 15) is 18.0 Å². The van der Waals surface area contributed by atoms with Gasteiger partial charge in [0.25, 0.3) is 0 Å². The summed E-state index contributed by atoms with van der Waals surface area (Å²) in [6, 6.07) is 9.85. The molecule has 1 aromatic carbocycles. The van der Waals surface area contributed by atoms with E-state index in [1.807, 2.05) is 17.5 Å². The summed E-state index contributed by atoms with van der Waals surface area (Å²) in [6.45, 7) is 1.36. The number of methoxy groups -OCH3 is 1. The molecule has 0 bridgehead atoms. The second-order valence-corrected chi connectivity index (χ2v) is 9.20. The topological polar surface area (TPSA) is 89.5 Å². The second kappa shape index (κ2) is 7.30. The van der Waals surface area contributed by atoms with E-state index >= 15 is 0 Å². The molecule has 2 heterocycles. The van der Waals surface area contributed by atoms with E-state index in [0.717, 1.165) is 4.88 Å². The first-order valence-electron chi connectivity index (χ1n) is 8.04. The fourth-order valence-corrected chi connectivity index (χ4v) is 6.42. The molecule has 8 heteroatoms. The number of carbonyl (C=O) groups is 2. The fraction of sp³-hybridized carbons (Fsp3) is 0.333. The van der Waals surface area contributed by atoms with Crippen LogP contribution in [-0.2, 0) is 24.2 Å². The molecule has 0 spiro atoms. The fourth-order valence-electron chi connectivity index (χ4n) is 3.45. The van der Waals surface area contributed by atoms with Crippen LogP contribution in [0.4, 0.5) is 0 Å². The Kier molecular flexibility index (Phi) is 5.27. The van der Waals surface area contributed by atoms with Crippen LogP contribution in [0, 0.1) is 5.92 Å². The second-order valence-electron chi connectivity index (χ2n) is 6.12. The van der Waals surface area contributed by atoms with Gasteiger partial charge in [0.05, 0.1) is 24.0 Å². The number of hydrogen-bond donors (Lipinski definition) is 1. The average molecular weight is 393 g/mol. The van der Waals surface area contributed by atoms with E-state index in [-0.39, 0.29) is 10.7 Å². The van der Waals surface area contributed by atoms with Crippen molar-refractivity contribution in [3.8, 4) is 0 Å². The zero-order valence-corrected chi connectivity index (χ0v) is 15.9. The number of esters is 1. The third-order valence-corrected chi connectivity index (χ3v) is 7.77. The number of sulfone groups is 1. The van der Waals surface area contributed by atoms with Gasteiger partial charge in [-0.05, 0) is 30.5 Å². The summed E-state index contributed by atoms with van der Waals surface area (Å²) in [6.07, 6.45) is 0. The van der Waals surface area contributed by atoms with Gasteiger partial charge >= 0.3 is 5.97 Å². The van der Waals surface area contributed by atoms with E-state index < -0.39 is 39.1 Å². The molecule has 1 N–H and O–H groups in total. The molecule has 138 valence electrons. The number of hydrogen-bond acceptors (Lipinski definition) is 7. The standard InChI is InChI=1S/C18H19NO5S2/c1-11(20)14-15(13-9-6-10-25-13)19-16(18(21)24-2)17(14)26(22,23)12-7-4-3-5-8-12/h3-10,14-17,19H,1-2H3/t14-,15-,16-,17+/m1/s1. The van der Waals surface area contributed by atoms with Gasteiger partial charge in [-0.3, -0.25) is 14.9 Å². The monoisotopic (exact) mass is 393 g/mol. The molecular formula is C18H19NO5S2. The summed E-state index contributed by atoms with van der Waals surface area (Å²) in [5, 5.41) is 3.65. The number of benzene rings is 1. The van der Waals surface area contributed by atoms with Crippen LogP contribution in [0.2, 0.25) is 0 Å². The Bertz CT molecular complexity index is 893. The number of rotatable bonds is 5. The Morgan fingerprint density at radius 3 is 2.35 bits per heavy atom. The molecule has 1 aromatic heterocycles. The Morgan fingerprint density at radius 1 is 1.12 bits per heavy atom. The molecule has 4 atom stereocenters. The lowest BCUT2D eigenvalue weighted by molar-refractivity contribution is -0.142. The summed E-state index contributed by atoms with van der Waals surface area (Å²) in [4.78, 5) is 25.7. The van der Waals surface area contributed by atoms with Gasteiger partial charge in [0.15, 0.2) is 9.84 Å². The van der Waals surface area contributed by atoms with Crippen LogP contribution in [-0.4, -0.2) is 38.6 Å². The lowest BCUT2D eigenvalue weighted by Crippen LogP contribution is -2.45. The van der Waals surface area contributed by atoms with Gasteiger partial charge in [0.1, 0.15) is 17.1 Å². The smallest absolute Gasteiger partial charge is 0.324 e. The van der Waals surface area contributed by atoms with Crippen molar-refractivity contribution in [1.29, 1.82) is 0 Å². The molecule has 6 nitrogen and oxygen atoms in total. The quantitative estimate of drug-likeness (QED) is 0.782. The normalized spacial score (nSPS) is 25.8. The highest BCUT2D eigenvalue weighted by atomic mass is 32.2. The van der Waals surface area contributed by atoms with Crippen molar-refractivity contribution < 1.29 is 22.7 Å². The first-order valence-corrected chi connectivity index (χ1v) is 10.5. The predicted octanol–water partition coefficient (Wildman–Crippen LogP) is 1.98. The van der Waals surface area contributed by atoms with Crippen molar-refractivity contribution in [3.05, 3.63) is 52.7 Å². The number of Topliss-reactive ketones (excluding diaryl/α,β-unsaturated/α-hetero) is 1. The zero-order valence-electron chi connectivity index (χ0n) is 14.3. The molecule has 3 rings (SSSR count). The number of carbonyl (C=O) groups excluding carboxylic acids is 2. The van der Waals surface area contributed by atoms with E-state index in [0.29, 0.717) is 0 Å². The maximum absolute atomic E-state index is 13.3. The van der Waals surface area contributed by atoms with Crippen LogP contribution in [0.5, 0.6) is 0 Å². The van der Waals surface area contributed by atoms with Crippen molar-refractivity contribution in [3.63, 3.8) is 0 Å². The SMILES string of the molecule is COC(=O)[C@@H]1N[C@H](c2cccs2)[C@@H](C(C)=O)[C@@H]1S(=O)(=O)c1ccccc1. The Morgan fingerprint density at radius 2 is 1.81 bits per heavy atom. The summed E-state index contributed by atoms with van der Waals surface area (Å²) >= 11 is 1.41. The molecule has 0 amide bonds. The lowest BCUT2D eigenvalue weighted by atomic mass is 9.93. The van der Waals surface area contributed by atoms with E-state index in [1.165, 1.54) is 37.5 Å². The maximum atomic E-state index is 13.3. The highest BCUT2D eigenvalue weighted by Gasteiger charge is 2.55. The molecule has 0 aliphatic carbocycles. The summed E-state index contributed by atoms with van der Waals surface area (Å²) < 4.78 is 31.4. The predicted molar refractivity (Wildman–Crippen MR) is 97.6 cm³/mol. The highest BCUT2D eigenvalue weighted by molar-refractivity contribution is 7.92. The van der Waals surface area contributed by atoms with Gasteiger partial charge in [0.2, 0.25) is 0 Å². The van der Waals surface area contributed by atoms with Crippen molar-refractivity contribution in [2.24, 2.45) is 5.92 Å². The molecule has 0 unspecified atom stereocenters. The van der Waals surface area contributed by atoms with Crippen molar-refractivity contribution >= 4 is 32.9 Å². The van der Waals surface area contributed by atoms with Gasteiger partial charge in [-0.2, -0.15) is 0 Å². The van der Waals surface area contributed by atoms with Crippen LogP contribution in [0.1, 0.15) is 17.8 Å².